The van der Waals surface area contributed by atoms with Gasteiger partial charge in [0.25, 0.3) is 5.56 Å². The van der Waals surface area contributed by atoms with E-state index in [4.69, 9.17) is 0 Å². The molecular formula is C14H11N2NaO9S. The summed E-state index contributed by atoms with van der Waals surface area (Å²) in [6, 6.07) is 4.50. The third-order valence-corrected chi connectivity index (χ3v) is 4.06. The van der Waals surface area contributed by atoms with Gasteiger partial charge in [0.15, 0.2) is 6.29 Å². The molecule has 1 heterocycles. The summed E-state index contributed by atoms with van der Waals surface area (Å²) in [6.45, 7) is -0.327. The van der Waals surface area contributed by atoms with Crippen molar-refractivity contribution >= 4 is 22.6 Å². The second-order valence-corrected chi connectivity index (χ2v) is 6.22. The molecule has 1 aromatic carbocycles. The Kier molecular flexibility index (Phi) is 7.68. The van der Waals surface area contributed by atoms with Gasteiger partial charge in [0.2, 0.25) is 5.88 Å². The molecule has 0 aliphatic carbocycles. The fourth-order valence-corrected chi connectivity index (χ4v) is 2.43. The minimum atomic E-state index is -4.63. The van der Waals surface area contributed by atoms with Crippen molar-refractivity contribution in [3.05, 3.63) is 56.2 Å². The normalized spacial score (nSPS) is 10.6. The molecule has 138 valence electrons. The second kappa shape index (κ2) is 9.10. The Morgan fingerprint density at radius 3 is 2.33 bits per heavy atom. The number of hydrogen-bond donors (Lipinski definition) is 1. The standard InChI is InChI=1S/C14H12N2O9S.Na/c1-24-14(20)25-11-10(7-17)12(18)16(13(19)15-11)6-8-2-4-9(5-3-8)26(21,22)23;/h2-5,7H,6H2,1H3,(H,15,19)(H,21,22,23);/q;+1/p-1. The van der Waals surface area contributed by atoms with Crippen molar-refractivity contribution in [2.24, 2.45) is 0 Å². The molecule has 1 N–H and O–H groups in total. The molecule has 0 spiro atoms. The number of aldehydes is 1. The van der Waals surface area contributed by atoms with Gasteiger partial charge in [0.05, 0.1) is 18.6 Å². The molecule has 0 unspecified atom stereocenters. The summed E-state index contributed by atoms with van der Waals surface area (Å²) in [7, 11) is -3.64. The SMILES string of the molecule is COC(=O)Oc1[nH]c(=O)n(Cc2ccc(S(=O)(=O)[O-])cc2)c(=O)c1C=O.[Na+]. The topological polar surface area (TPSA) is 165 Å². The molecule has 0 saturated carbocycles. The van der Waals surface area contributed by atoms with Crippen LogP contribution in [0.3, 0.4) is 0 Å². The molecule has 1 aromatic heterocycles. The molecule has 0 aliphatic rings. The van der Waals surface area contributed by atoms with E-state index >= 15 is 0 Å². The van der Waals surface area contributed by atoms with E-state index < -0.39 is 43.9 Å². The van der Waals surface area contributed by atoms with Crippen molar-refractivity contribution in [2.75, 3.05) is 7.11 Å². The Morgan fingerprint density at radius 1 is 1.26 bits per heavy atom. The number of aromatic nitrogens is 2. The number of carbonyl (C=O) groups is 2. The minimum Gasteiger partial charge on any atom is -0.744 e. The molecule has 2 rings (SSSR count). The zero-order chi connectivity index (χ0) is 19.5. The Hall–Kier alpha value is -2.25. The third-order valence-electron chi connectivity index (χ3n) is 3.21. The molecule has 0 radical (unpaired) electrons. The van der Waals surface area contributed by atoms with E-state index in [1.54, 1.807) is 0 Å². The maximum Gasteiger partial charge on any atom is 1.00 e. The zero-order valence-corrected chi connectivity index (χ0v) is 16.9. The fraction of sp³-hybridized carbons (Fsp3) is 0.143. The molecule has 0 aliphatic heterocycles. The first-order valence-corrected chi connectivity index (χ1v) is 8.21. The van der Waals surface area contributed by atoms with Gasteiger partial charge in [-0.05, 0) is 17.7 Å². The first kappa shape index (κ1) is 22.8. The average Bonchev–Trinajstić information content (AvgIpc) is 2.58. The number of ether oxygens (including phenoxy) is 2. The van der Waals surface area contributed by atoms with Crippen LogP contribution in [0.5, 0.6) is 5.88 Å². The van der Waals surface area contributed by atoms with Crippen molar-refractivity contribution < 1.29 is 61.6 Å². The summed E-state index contributed by atoms with van der Waals surface area (Å²) in [5, 5.41) is 0. The smallest absolute Gasteiger partial charge is 0.744 e. The predicted molar refractivity (Wildman–Crippen MR) is 83.3 cm³/mol. The molecule has 13 heteroatoms. The van der Waals surface area contributed by atoms with Crippen LogP contribution >= 0.6 is 0 Å². The number of rotatable bonds is 5. The van der Waals surface area contributed by atoms with Gasteiger partial charge in [0, 0.05) is 0 Å². The Balaban J connectivity index is 0.00000364. The quantitative estimate of drug-likeness (QED) is 0.229. The first-order chi connectivity index (χ1) is 12.2. The Morgan fingerprint density at radius 2 is 1.85 bits per heavy atom. The minimum absolute atomic E-state index is 0. The number of nitrogens with one attached hydrogen (secondary N) is 1. The third kappa shape index (κ3) is 5.37. The summed E-state index contributed by atoms with van der Waals surface area (Å²) in [4.78, 5) is 48.1. The van der Waals surface area contributed by atoms with E-state index in [1.807, 2.05) is 0 Å². The van der Waals surface area contributed by atoms with Crippen molar-refractivity contribution in [3.8, 4) is 5.88 Å². The van der Waals surface area contributed by atoms with E-state index in [0.29, 0.717) is 10.1 Å². The largest absolute Gasteiger partial charge is 1.00 e. The van der Waals surface area contributed by atoms with Crippen LogP contribution in [-0.4, -0.2) is 42.1 Å². The number of hydrogen-bond acceptors (Lipinski definition) is 9. The van der Waals surface area contributed by atoms with Crippen LogP contribution in [0.2, 0.25) is 0 Å². The van der Waals surface area contributed by atoms with Gasteiger partial charge in [-0.15, -0.1) is 0 Å². The molecule has 0 atom stereocenters. The van der Waals surface area contributed by atoms with E-state index in [9.17, 15) is 32.1 Å². The molecule has 11 nitrogen and oxygen atoms in total. The van der Waals surface area contributed by atoms with Crippen molar-refractivity contribution in [3.63, 3.8) is 0 Å². The van der Waals surface area contributed by atoms with Crippen molar-refractivity contribution in [2.45, 2.75) is 11.4 Å². The number of benzene rings is 1. The number of H-pyrrole nitrogens is 1. The maximum atomic E-state index is 12.3. The summed E-state index contributed by atoms with van der Waals surface area (Å²) in [6.07, 6.45) is -1.14. The predicted octanol–water partition coefficient (Wildman–Crippen LogP) is -3.55. The molecule has 27 heavy (non-hydrogen) atoms. The Bertz CT molecular complexity index is 1070. The maximum absolute atomic E-state index is 12.3. The zero-order valence-electron chi connectivity index (χ0n) is 14.1. The fourth-order valence-electron chi connectivity index (χ4n) is 1.96. The van der Waals surface area contributed by atoms with Gasteiger partial charge in [-0.25, -0.2) is 18.0 Å². The molecule has 0 amide bonds. The van der Waals surface area contributed by atoms with Gasteiger partial charge >= 0.3 is 41.4 Å². The van der Waals surface area contributed by atoms with Gasteiger partial charge in [0.1, 0.15) is 15.7 Å². The monoisotopic (exact) mass is 406 g/mol. The van der Waals surface area contributed by atoms with Crippen LogP contribution in [0.1, 0.15) is 15.9 Å². The van der Waals surface area contributed by atoms with Gasteiger partial charge in [-0.3, -0.25) is 19.1 Å². The van der Waals surface area contributed by atoms with Gasteiger partial charge in [-0.2, -0.15) is 0 Å². The van der Waals surface area contributed by atoms with Crippen LogP contribution in [0.25, 0.3) is 0 Å². The van der Waals surface area contributed by atoms with Gasteiger partial charge in [-0.1, -0.05) is 12.1 Å². The number of nitrogens with zero attached hydrogens (tertiary/aromatic N) is 1. The van der Waals surface area contributed by atoms with Gasteiger partial charge < -0.3 is 14.0 Å². The first-order valence-electron chi connectivity index (χ1n) is 6.80. The van der Waals surface area contributed by atoms with E-state index in [2.05, 4.69) is 14.5 Å². The van der Waals surface area contributed by atoms with E-state index in [-0.39, 0.29) is 42.4 Å². The molecular weight excluding hydrogens is 395 g/mol. The van der Waals surface area contributed by atoms with E-state index in [0.717, 1.165) is 19.2 Å². The molecule has 0 bridgehead atoms. The van der Waals surface area contributed by atoms with Crippen LogP contribution < -0.4 is 45.5 Å². The number of carbonyl (C=O) groups excluding carboxylic acids is 2. The summed E-state index contributed by atoms with van der Waals surface area (Å²) >= 11 is 0. The number of aromatic amines is 1. The number of methoxy groups -OCH3 is 1. The van der Waals surface area contributed by atoms with Crippen LogP contribution in [0.15, 0.2) is 38.8 Å². The van der Waals surface area contributed by atoms with Crippen molar-refractivity contribution in [1.82, 2.24) is 9.55 Å². The molecule has 0 fully saturated rings. The van der Waals surface area contributed by atoms with Crippen LogP contribution in [0, 0.1) is 0 Å². The van der Waals surface area contributed by atoms with Crippen LogP contribution in [0.4, 0.5) is 4.79 Å². The Labute approximate surface area is 174 Å². The summed E-state index contributed by atoms with van der Waals surface area (Å²) in [5.41, 5.74) is -2.33. The average molecular weight is 406 g/mol. The second-order valence-electron chi connectivity index (χ2n) is 4.84. The summed E-state index contributed by atoms with van der Waals surface area (Å²) in [5.74, 6) is -0.661. The van der Waals surface area contributed by atoms with E-state index in [1.165, 1.54) is 12.1 Å². The van der Waals surface area contributed by atoms with Crippen molar-refractivity contribution in [1.29, 1.82) is 0 Å². The summed E-state index contributed by atoms with van der Waals surface area (Å²) < 4.78 is 42.1. The molecule has 0 saturated heterocycles. The van der Waals surface area contributed by atoms with Crippen LogP contribution in [-0.2, 0) is 21.4 Å². The molecule has 2 aromatic rings.